The van der Waals surface area contributed by atoms with Gasteiger partial charge in [-0.25, -0.2) is 8.87 Å². The Morgan fingerprint density at radius 3 is 2.55 bits per heavy atom. The maximum absolute atomic E-state index is 13.0. The molecule has 22 heavy (non-hydrogen) atoms. The Morgan fingerprint density at radius 2 is 1.86 bits per heavy atom. The number of halogens is 2. The molecule has 0 atom stereocenters. The first-order valence-corrected chi connectivity index (χ1v) is 9.09. The highest BCUT2D eigenvalue weighted by atomic mass is 35.5. The molecule has 0 amide bonds. The van der Waals surface area contributed by atoms with Crippen LogP contribution in [0.25, 0.3) is 10.8 Å². The minimum atomic E-state index is -3.51. The highest BCUT2D eigenvalue weighted by Gasteiger charge is 2.40. The van der Waals surface area contributed by atoms with Crippen molar-refractivity contribution in [2.75, 3.05) is 33.2 Å². The predicted octanol–water partition coefficient (Wildman–Crippen LogP) is 2.28. The van der Waals surface area contributed by atoms with Crippen LogP contribution in [0, 0.1) is 0 Å². The number of rotatable bonds is 2. The normalized spacial score (nSPS) is 18.5. The van der Waals surface area contributed by atoms with Gasteiger partial charge in [0.1, 0.15) is 23.1 Å². The molecule has 1 aromatic carbocycles. The van der Waals surface area contributed by atoms with Gasteiger partial charge < -0.3 is 5.32 Å². The fraction of sp³-hybridized carbons (Fsp3) is 0.357. The quantitative estimate of drug-likeness (QED) is 0.659. The van der Waals surface area contributed by atoms with Crippen molar-refractivity contribution in [3.63, 3.8) is 0 Å². The van der Waals surface area contributed by atoms with E-state index in [1.54, 1.807) is 25.2 Å². The minimum absolute atomic E-state index is 0.0167. The monoisotopic (exact) mass is 360 g/mol. The maximum atomic E-state index is 13.0. The molecule has 2 aromatic rings. The number of likely N-dealkylation sites (N-methyl/N-ethyl adjacent to an activating group) is 1. The number of quaternary nitrogens is 1. The fourth-order valence-corrected chi connectivity index (χ4v) is 4.78. The van der Waals surface area contributed by atoms with E-state index in [4.69, 9.17) is 23.2 Å². The molecule has 3 rings (SSSR count). The number of aromatic nitrogens is 1. The molecule has 1 aliphatic rings. The Kier molecular flexibility index (Phi) is 4.07. The second kappa shape index (κ2) is 5.62. The number of nitrogens with one attached hydrogen (secondary N) is 1. The summed E-state index contributed by atoms with van der Waals surface area (Å²) in [6.45, 7) is 2.42. The van der Waals surface area contributed by atoms with Crippen LogP contribution in [-0.2, 0) is 10.0 Å². The van der Waals surface area contributed by atoms with E-state index in [1.165, 1.54) is 6.20 Å². The number of piperazine rings is 1. The van der Waals surface area contributed by atoms with Gasteiger partial charge in [-0.2, -0.15) is 8.42 Å². The smallest absolute Gasteiger partial charge is 0.306 e. The van der Waals surface area contributed by atoms with Gasteiger partial charge in [-0.1, -0.05) is 29.3 Å². The summed E-state index contributed by atoms with van der Waals surface area (Å²) < 4.78 is 26.0. The van der Waals surface area contributed by atoms with Crippen LogP contribution in [-0.4, -0.2) is 50.5 Å². The molecule has 1 aliphatic heterocycles. The second-order valence-electron chi connectivity index (χ2n) is 5.57. The Labute approximate surface area is 139 Å². The first-order chi connectivity index (χ1) is 10.3. The van der Waals surface area contributed by atoms with Crippen molar-refractivity contribution in [1.82, 2.24) is 10.3 Å². The molecule has 1 N–H and O–H groups in total. The Morgan fingerprint density at radius 1 is 1.18 bits per heavy atom. The van der Waals surface area contributed by atoms with Gasteiger partial charge in [0, 0.05) is 30.1 Å². The van der Waals surface area contributed by atoms with Crippen molar-refractivity contribution >= 4 is 44.0 Å². The summed E-state index contributed by atoms with van der Waals surface area (Å²) in [4.78, 5) is 4.23. The van der Waals surface area contributed by atoms with Crippen molar-refractivity contribution in [2.45, 2.75) is 4.90 Å². The molecule has 0 unspecified atom stereocenters. The molecule has 8 heteroatoms. The summed E-state index contributed by atoms with van der Waals surface area (Å²) in [5.74, 6) is 0. The lowest BCUT2D eigenvalue weighted by atomic mass is 10.2. The van der Waals surface area contributed by atoms with Crippen molar-refractivity contribution in [3.8, 4) is 0 Å². The molecule has 118 valence electrons. The first-order valence-electron chi connectivity index (χ1n) is 6.89. The van der Waals surface area contributed by atoms with Crippen LogP contribution in [0.5, 0.6) is 0 Å². The molecule has 0 radical (unpaired) electrons. The zero-order chi connectivity index (χ0) is 16.0. The number of fused-ring (bicyclic) bond motifs is 1. The van der Waals surface area contributed by atoms with Crippen molar-refractivity contribution in [2.24, 2.45) is 0 Å². The molecule has 2 heterocycles. The molecule has 1 fully saturated rings. The third kappa shape index (κ3) is 2.49. The van der Waals surface area contributed by atoms with Crippen LogP contribution >= 0.6 is 23.2 Å². The molecular weight excluding hydrogens is 345 g/mol. The molecule has 0 bridgehead atoms. The lowest BCUT2D eigenvalue weighted by Gasteiger charge is -2.36. The van der Waals surface area contributed by atoms with Gasteiger partial charge >= 0.3 is 10.0 Å². The second-order valence-corrected chi connectivity index (χ2v) is 8.64. The molecule has 0 aliphatic carbocycles. The number of hydrogen-bond acceptors (Lipinski definition) is 4. The fourth-order valence-electron chi connectivity index (χ4n) is 2.68. The summed E-state index contributed by atoms with van der Waals surface area (Å²) in [7, 11) is -1.77. The standard InChI is InChI=1S/C14H16Cl2N3O2S/c1-19(6-4-17-5-7-19)22(20,21)10-2-3-11-12(8-10)14(16)18-9-13(11)15/h2-3,8-9,17H,4-7H2,1H3/q+1. The zero-order valence-electron chi connectivity index (χ0n) is 12.0. The van der Waals surface area contributed by atoms with Gasteiger partial charge in [-0.15, -0.1) is 0 Å². The molecule has 0 saturated carbocycles. The molecular formula is C14H16Cl2N3O2S+. The number of pyridine rings is 1. The van der Waals surface area contributed by atoms with Gasteiger partial charge in [0.05, 0.1) is 12.1 Å². The third-order valence-corrected chi connectivity index (χ3v) is 7.14. The Hall–Kier alpha value is -0.920. The number of hydrogen-bond donors (Lipinski definition) is 1. The van der Waals surface area contributed by atoms with E-state index in [0.29, 0.717) is 42.0 Å². The first kappa shape index (κ1) is 16.0. The lowest BCUT2D eigenvalue weighted by molar-refractivity contribution is -0.787. The molecule has 1 saturated heterocycles. The average Bonchev–Trinajstić information content (AvgIpc) is 2.51. The van der Waals surface area contributed by atoms with E-state index in [0.717, 1.165) is 0 Å². The van der Waals surface area contributed by atoms with E-state index in [1.807, 2.05) is 0 Å². The van der Waals surface area contributed by atoms with E-state index < -0.39 is 10.0 Å². The summed E-state index contributed by atoms with van der Waals surface area (Å²) in [6, 6.07) is 4.84. The van der Waals surface area contributed by atoms with Gasteiger partial charge in [-0.3, -0.25) is 0 Å². The Bertz CT molecular complexity index is 833. The number of benzene rings is 1. The predicted molar refractivity (Wildman–Crippen MR) is 87.7 cm³/mol. The van der Waals surface area contributed by atoms with Gasteiger partial charge in [-0.05, 0) is 12.1 Å². The van der Waals surface area contributed by atoms with Crippen molar-refractivity contribution in [3.05, 3.63) is 34.6 Å². The van der Waals surface area contributed by atoms with Crippen molar-refractivity contribution in [1.29, 1.82) is 0 Å². The van der Waals surface area contributed by atoms with Crippen molar-refractivity contribution < 1.29 is 12.3 Å². The largest absolute Gasteiger partial charge is 0.327 e. The molecule has 1 aromatic heterocycles. The molecule has 0 spiro atoms. The zero-order valence-corrected chi connectivity index (χ0v) is 14.3. The number of sulfonamides is 1. The summed E-state index contributed by atoms with van der Waals surface area (Å²) in [5, 5.41) is 5.13. The van der Waals surface area contributed by atoms with Crippen LogP contribution in [0.1, 0.15) is 0 Å². The minimum Gasteiger partial charge on any atom is -0.306 e. The van der Waals surface area contributed by atoms with Gasteiger partial charge in [0.25, 0.3) is 0 Å². The van der Waals surface area contributed by atoms with E-state index in [2.05, 4.69) is 10.3 Å². The summed E-state index contributed by atoms with van der Waals surface area (Å²) in [6.07, 6.45) is 1.46. The van der Waals surface area contributed by atoms with Crippen LogP contribution < -0.4 is 5.32 Å². The number of nitrogens with zero attached hydrogens (tertiary/aromatic N) is 2. The SMILES string of the molecule is C[N+]1(S(=O)(=O)c2ccc3c(Cl)cnc(Cl)c3c2)CCNCC1. The van der Waals surface area contributed by atoms with E-state index >= 15 is 0 Å². The summed E-state index contributed by atoms with van der Waals surface area (Å²) >= 11 is 12.2. The van der Waals surface area contributed by atoms with Crippen LogP contribution in [0.15, 0.2) is 29.3 Å². The Balaban J connectivity index is 2.15. The third-order valence-electron chi connectivity index (χ3n) is 4.16. The van der Waals surface area contributed by atoms with Crippen LogP contribution in [0.3, 0.4) is 0 Å². The van der Waals surface area contributed by atoms with Crippen LogP contribution in [0.2, 0.25) is 10.2 Å². The maximum Gasteiger partial charge on any atom is 0.327 e. The van der Waals surface area contributed by atoms with Crippen LogP contribution in [0.4, 0.5) is 0 Å². The summed E-state index contributed by atoms with van der Waals surface area (Å²) in [5.41, 5.74) is 0. The lowest BCUT2D eigenvalue weighted by Crippen LogP contribution is -2.58. The van der Waals surface area contributed by atoms with E-state index in [-0.39, 0.29) is 13.9 Å². The molecule has 5 nitrogen and oxygen atoms in total. The highest BCUT2D eigenvalue weighted by Crippen LogP contribution is 2.32. The topological polar surface area (TPSA) is 59.1 Å². The highest BCUT2D eigenvalue weighted by molar-refractivity contribution is 7.86. The van der Waals surface area contributed by atoms with Gasteiger partial charge in [0.15, 0.2) is 0 Å². The average molecular weight is 361 g/mol. The van der Waals surface area contributed by atoms with Gasteiger partial charge in [0.2, 0.25) is 0 Å². The van der Waals surface area contributed by atoms with E-state index in [9.17, 15) is 8.42 Å².